The molecule has 1 aliphatic rings. The number of morpholine rings is 1. The van der Waals surface area contributed by atoms with E-state index in [4.69, 9.17) is 32.8 Å². The Kier molecular flexibility index (Phi) is 7.07. The molecular weight excluding hydrogens is 299 g/mol. The average molecular weight is 319 g/mol. The van der Waals surface area contributed by atoms with Crippen LogP contribution < -0.4 is 5.48 Å². The van der Waals surface area contributed by atoms with E-state index >= 15 is 0 Å². The molecule has 0 bridgehead atoms. The molecule has 0 radical (unpaired) electrons. The summed E-state index contributed by atoms with van der Waals surface area (Å²) in [5.41, 5.74) is 3.99. The summed E-state index contributed by atoms with van der Waals surface area (Å²) in [5.74, 6) is 0. The van der Waals surface area contributed by atoms with Crippen LogP contribution in [-0.4, -0.2) is 44.4 Å². The Morgan fingerprint density at radius 1 is 1.20 bits per heavy atom. The zero-order valence-corrected chi connectivity index (χ0v) is 12.9. The van der Waals surface area contributed by atoms with Gasteiger partial charge in [-0.15, -0.1) is 0 Å². The monoisotopic (exact) mass is 318 g/mol. The molecule has 1 fully saturated rings. The first-order chi connectivity index (χ1) is 9.75. The van der Waals surface area contributed by atoms with Gasteiger partial charge in [0.2, 0.25) is 0 Å². The molecule has 1 heterocycles. The largest absolute Gasteiger partial charge is 0.379 e. The van der Waals surface area contributed by atoms with Crippen LogP contribution in [0.3, 0.4) is 0 Å². The lowest BCUT2D eigenvalue weighted by molar-refractivity contribution is 0.0132. The first kappa shape index (κ1) is 16.0. The van der Waals surface area contributed by atoms with E-state index in [2.05, 4.69) is 10.4 Å². The molecule has 1 aromatic carbocycles. The van der Waals surface area contributed by atoms with Crippen molar-refractivity contribution in [3.63, 3.8) is 0 Å². The molecule has 112 valence electrons. The predicted octanol–water partition coefficient (Wildman–Crippen LogP) is 2.74. The van der Waals surface area contributed by atoms with Crippen molar-refractivity contribution in [2.75, 3.05) is 39.5 Å². The quantitative estimate of drug-likeness (QED) is 0.619. The van der Waals surface area contributed by atoms with Crippen LogP contribution in [0.5, 0.6) is 0 Å². The van der Waals surface area contributed by atoms with Crippen LogP contribution in [0.1, 0.15) is 12.0 Å². The predicted molar refractivity (Wildman–Crippen MR) is 81.1 cm³/mol. The molecule has 1 N–H and O–H groups in total. The molecular formula is C14H20Cl2N2O2. The molecule has 4 nitrogen and oxygen atoms in total. The Bertz CT molecular complexity index is 412. The Balaban J connectivity index is 1.53. The van der Waals surface area contributed by atoms with E-state index in [0.717, 1.165) is 44.8 Å². The lowest BCUT2D eigenvalue weighted by Gasteiger charge is -2.26. The standard InChI is InChI=1S/C14H20Cl2N2O2/c15-13-3-2-12(10-14(13)16)11-17-20-7-1-4-18-5-8-19-9-6-18/h2-3,10,17H,1,4-9,11H2. The fourth-order valence-corrected chi connectivity index (χ4v) is 2.36. The Morgan fingerprint density at radius 3 is 2.75 bits per heavy atom. The SMILES string of the molecule is Clc1ccc(CNOCCCN2CCOCC2)cc1Cl. The summed E-state index contributed by atoms with van der Waals surface area (Å²) in [4.78, 5) is 7.81. The number of nitrogens with one attached hydrogen (secondary N) is 1. The lowest BCUT2D eigenvalue weighted by Crippen LogP contribution is -2.37. The van der Waals surface area contributed by atoms with Crippen molar-refractivity contribution in [1.29, 1.82) is 0 Å². The number of benzene rings is 1. The van der Waals surface area contributed by atoms with E-state index in [1.165, 1.54) is 0 Å². The van der Waals surface area contributed by atoms with Crippen LogP contribution in [0.4, 0.5) is 0 Å². The van der Waals surface area contributed by atoms with E-state index in [0.29, 0.717) is 23.2 Å². The van der Waals surface area contributed by atoms with Gasteiger partial charge in [0, 0.05) is 26.2 Å². The summed E-state index contributed by atoms with van der Waals surface area (Å²) in [5, 5.41) is 1.14. The van der Waals surface area contributed by atoms with Gasteiger partial charge in [0.25, 0.3) is 0 Å². The van der Waals surface area contributed by atoms with Crippen molar-refractivity contribution in [2.45, 2.75) is 13.0 Å². The van der Waals surface area contributed by atoms with Crippen LogP contribution in [0.25, 0.3) is 0 Å². The fraction of sp³-hybridized carbons (Fsp3) is 0.571. The van der Waals surface area contributed by atoms with E-state index < -0.39 is 0 Å². The zero-order valence-electron chi connectivity index (χ0n) is 11.4. The van der Waals surface area contributed by atoms with Gasteiger partial charge in [0.15, 0.2) is 0 Å². The van der Waals surface area contributed by atoms with Gasteiger partial charge in [-0.05, 0) is 24.1 Å². The molecule has 0 aromatic heterocycles. The molecule has 1 aromatic rings. The molecule has 0 aliphatic carbocycles. The van der Waals surface area contributed by atoms with Crippen LogP contribution in [0.15, 0.2) is 18.2 Å². The number of hydrogen-bond acceptors (Lipinski definition) is 4. The van der Waals surface area contributed by atoms with Gasteiger partial charge >= 0.3 is 0 Å². The average Bonchev–Trinajstić information content (AvgIpc) is 2.47. The number of ether oxygens (including phenoxy) is 1. The second-order valence-corrected chi connectivity index (χ2v) is 5.54. The molecule has 20 heavy (non-hydrogen) atoms. The molecule has 1 saturated heterocycles. The van der Waals surface area contributed by atoms with E-state index in [-0.39, 0.29) is 0 Å². The summed E-state index contributed by atoms with van der Waals surface area (Å²) in [7, 11) is 0. The first-order valence-electron chi connectivity index (χ1n) is 6.84. The minimum absolute atomic E-state index is 0.568. The third kappa shape index (κ3) is 5.56. The summed E-state index contributed by atoms with van der Waals surface area (Å²) in [6.07, 6.45) is 1.01. The highest BCUT2D eigenvalue weighted by atomic mass is 35.5. The van der Waals surface area contributed by atoms with Crippen molar-refractivity contribution in [2.24, 2.45) is 0 Å². The van der Waals surface area contributed by atoms with Crippen molar-refractivity contribution in [3.05, 3.63) is 33.8 Å². The highest BCUT2D eigenvalue weighted by Gasteiger charge is 2.09. The van der Waals surface area contributed by atoms with Crippen molar-refractivity contribution in [3.8, 4) is 0 Å². The summed E-state index contributed by atoms with van der Waals surface area (Å²) >= 11 is 11.8. The van der Waals surface area contributed by atoms with Gasteiger partial charge in [-0.3, -0.25) is 4.90 Å². The van der Waals surface area contributed by atoms with Gasteiger partial charge in [0.05, 0.1) is 29.9 Å². The number of hydroxylamine groups is 1. The Labute approximate surface area is 129 Å². The van der Waals surface area contributed by atoms with Crippen LogP contribution in [0.2, 0.25) is 10.0 Å². The molecule has 0 atom stereocenters. The maximum atomic E-state index is 5.95. The van der Waals surface area contributed by atoms with Gasteiger partial charge < -0.3 is 9.57 Å². The van der Waals surface area contributed by atoms with Gasteiger partial charge in [0.1, 0.15) is 0 Å². The topological polar surface area (TPSA) is 33.7 Å². The molecule has 0 amide bonds. The molecule has 0 unspecified atom stereocenters. The maximum absolute atomic E-state index is 5.95. The van der Waals surface area contributed by atoms with Gasteiger partial charge in [-0.1, -0.05) is 29.3 Å². The van der Waals surface area contributed by atoms with Crippen molar-refractivity contribution < 1.29 is 9.57 Å². The van der Waals surface area contributed by atoms with E-state index in [1.807, 2.05) is 12.1 Å². The Morgan fingerprint density at radius 2 is 2.00 bits per heavy atom. The third-order valence-corrected chi connectivity index (χ3v) is 3.93. The highest BCUT2D eigenvalue weighted by Crippen LogP contribution is 2.22. The molecule has 2 rings (SSSR count). The molecule has 0 saturated carbocycles. The fourth-order valence-electron chi connectivity index (χ4n) is 2.04. The van der Waals surface area contributed by atoms with E-state index in [1.54, 1.807) is 6.07 Å². The molecule has 0 spiro atoms. The lowest BCUT2D eigenvalue weighted by atomic mass is 10.2. The van der Waals surface area contributed by atoms with Crippen LogP contribution in [-0.2, 0) is 16.1 Å². The van der Waals surface area contributed by atoms with Crippen molar-refractivity contribution >= 4 is 23.2 Å². The number of halogens is 2. The Hall–Kier alpha value is -0.360. The summed E-state index contributed by atoms with van der Waals surface area (Å²) in [6, 6.07) is 5.56. The summed E-state index contributed by atoms with van der Waals surface area (Å²) < 4.78 is 5.31. The van der Waals surface area contributed by atoms with Crippen LogP contribution >= 0.6 is 23.2 Å². The van der Waals surface area contributed by atoms with Crippen molar-refractivity contribution in [1.82, 2.24) is 10.4 Å². The van der Waals surface area contributed by atoms with Gasteiger partial charge in [-0.2, -0.15) is 5.48 Å². The summed E-state index contributed by atoms with van der Waals surface area (Å²) in [6.45, 7) is 6.10. The second kappa shape index (κ2) is 8.82. The molecule has 6 heteroatoms. The first-order valence-corrected chi connectivity index (χ1v) is 7.60. The zero-order chi connectivity index (χ0) is 14.2. The second-order valence-electron chi connectivity index (χ2n) is 4.73. The smallest absolute Gasteiger partial charge is 0.0694 e. The molecule has 1 aliphatic heterocycles. The number of nitrogens with zero attached hydrogens (tertiary/aromatic N) is 1. The minimum Gasteiger partial charge on any atom is -0.379 e. The van der Waals surface area contributed by atoms with Gasteiger partial charge in [-0.25, -0.2) is 0 Å². The minimum atomic E-state index is 0.568. The number of rotatable bonds is 7. The van der Waals surface area contributed by atoms with Crippen LogP contribution in [0, 0.1) is 0 Å². The number of hydrogen-bond donors (Lipinski definition) is 1. The normalized spacial score (nSPS) is 16.5. The third-order valence-electron chi connectivity index (χ3n) is 3.19. The van der Waals surface area contributed by atoms with E-state index in [9.17, 15) is 0 Å². The maximum Gasteiger partial charge on any atom is 0.0694 e. The highest BCUT2D eigenvalue weighted by molar-refractivity contribution is 6.42.